The molecule has 1 unspecified atom stereocenters. The average Bonchev–Trinajstić information content (AvgIpc) is 2.74. The van der Waals surface area contributed by atoms with Crippen LogP contribution in [0.15, 0.2) is 18.2 Å². The summed E-state index contributed by atoms with van der Waals surface area (Å²) in [5.74, 6) is 0.0664. The number of nitrogens with one attached hydrogen (secondary N) is 1. The van der Waals surface area contributed by atoms with E-state index in [0.717, 1.165) is 22.1 Å². The average molecular weight is 308 g/mol. The van der Waals surface area contributed by atoms with Gasteiger partial charge in [0.25, 0.3) is 5.91 Å². The fourth-order valence-corrected chi connectivity index (χ4v) is 3.54. The van der Waals surface area contributed by atoms with Crippen molar-refractivity contribution >= 4 is 27.3 Å². The molecule has 1 atom stereocenters. The molecule has 2 rings (SSSR count). The van der Waals surface area contributed by atoms with E-state index in [1.807, 2.05) is 6.92 Å². The number of rotatable bonds is 5. The maximum absolute atomic E-state index is 13.3. The number of amides is 1. The molecule has 0 aliphatic heterocycles. The Hall–Kier alpha value is -1.46. The molecule has 3 N–H and O–H groups in total. The van der Waals surface area contributed by atoms with Gasteiger partial charge in [-0.15, -0.1) is 11.3 Å². The van der Waals surface area contributed by atoms with E-state index in [1.165, 1.54) is 23.5 Å². The van der Waals surface area contributed by atoms with Gasteiger partial charge in [0.15, 0.2) is 0 Å². The fraction of sp³-hybridized carbons (Fsp3) is 0.438. The zero-order valence-corrected chi connectivity index (χ0v) is 13.4. The van der Waals surface area contributed by atoms with Crippen LogP contribution in [0.5, 0.6) is 0 Å². The summed E-state index contributed by atoms with van der Waals surface area (Å²) < 4.78 is 14.2. The molecular formula is C16H21FN2OS. The summed E-state index contributed by atoms with van der Waals surface area (Å²) in [5.41, 5.74) is 6.55. The summed E-state index contributed by atoms with van der Waals surface area (Å²) in [6, 6.07) is 4.58. The van der Waals surface area contributed by atoms with Crippen molar-refractivity contribution in [2.75, 3.05) is 6.54 Å². The van der Waals surface area contributed by atoms with Crippen molar-refractivity contribution in [2.24, 2.45) is 11.7 Å². The first-order chi connectivity index (χ1) is 9.92. The summed E-state index contributed by atoms with van der Waals surface area (Å²) in [6.45, 7) is 6.47. The minimum atomic E-state index is -0.282. The van der Waals surface area contributed by atoms with Gasteiger partial charge in [-0.25, -0.2) is 4.39 Å². The molecule has 0 aliphatic rings. The molecule has 114 valence electrons. The van der Waals surface area contributed by atoms with Crippen LogP contribution in [-0.2, 0) is 0 Å². The molecule has 0 aliphatic carbocycles. The van der Waals surface area contributed by atoms with Crippen LogP contribution < -0.4 is 11.1 Å². The van der Waals surface area contributed by atoms with E-state index in [-0.39, 0.29) is 17.8 Å². The van der Waals surface area contributed by atoms with Crippen LogP contribution >= 0.6 is 11.3 Å². The van der Waals surface area contributed by atoms with Gasteiger partial charge in [0.2, 0.25) is 0 Å². The number of hydrogen-bond donors (Lipinski definition) is 2. The molecule has 1 heterocycles. The van der Waals surface area contributed by atoms with E-state index >= 15 is 0 Å². The molecule has 0 fully saturated rings. The van der Waals surface area contributed by atoms with Gasteiger partial charge in [0.05, 0.1) is 4.88 Å². The summed E-state index contributed by atoms with van der Waals surface area (Å²) in [6.07, 6.45) is 0.848. The van der Waals surface area contributed by atoms with Crippen LogP contribution in [0, 0.1) is 18.7 Å². The monoisotopic (exact) mass is 308 g/mol. The Labute approximate surface area is 128 Å². The first kappa shape index (κ1) is 15.9. The Kier molecular flexibility index (Phi) is 4.96. The highest BCUT2D eigenvalue weighted by atomic mass is 32.1. The van der Waals surface area contributed by atoms with E-state index in [4.69, 9.17) is 5.73 Å². The van der Waals surface area contributed by atoms with E-state index in [0.29, 0.717) is 17.3 Å². The summed E-state index contributed by atoms with van der Waals surface area (Å²) in [4.78, 5) is 13.1. The van der Waals surface area contributed by atoms with Crippen LogP contribution in [0.3, 0.4) is 0 Å². The largest absolute Gasteiger partial charge is 0.347 e. The predicted octanol–water partition coefficient (Wildman–Crippen LogP) is 3.45. The van der Waals surface area contributed by atoms with Gasteiger partial charge in [0, 0.05) is 17.3 Å². The molecule has 0 spiro atoms. The zero-order chi connectivity index (χ0) is 15.6. The number of aryl methyl sites for hydroxylation is 1. The summed E-state index contributed by atoms with van der Waals surface area (Å²) >= 11 is 1.39. The smallest absolute Gasteiger partial charge is 0.261 e. The quantitative estimate of drug-likeness (QED) is 0.889. The lowest BCUT2D eigenvalue weighted by Crippen LogP contribution is -2.40. The lowest BCUT2D eigenvalue weighted by atomic mass is 10.0. The van der Waals surface area contributed by atoms with E-state index < -0.39 is 0 Å². The Bertz CT molecular complexity index is 651. The number of hydrogen-bond acceptors (Lipinski definition) is 3. The SMILES string of the molecule is Cc1c(C(=O)NC(CN)CC(C)C)sc2ccc(F)cc12. The van der Waals surface area contributed by atoms with Crippen LogP contribution in [0.4, 0.5) is 4.39 Å². The van der Waals surface area contributed by atoms with Crippen LogP contribution in [0.2, 0.25) is 0 Å². The molecule has 0 radical (unpaired) electrons. The highest BCUT2D eigenvalue weighted by molar-refractivity contribution is 7.21. The molecule has 5 heteroatoms. The standard InChI is InChI=1S/C16H21FN2OS/c1-9(2)6-12(8-18)19-16(20)15-10(3)13-7-11(17)4-5-14(13)21-15/h4-5,7,9,12H,6,8,18H2,1-3H3,(H,19,20). The lowest BCUT2D eigenvalue weighted by molar-refractivity contribution is 0.0937. The van der Waals surface area contributed by atoms with Crippen molar-refractivity contribution in [3.05, 3.63) is 34.5 Å². The molecule has 1 aromatic heterocycles. The topological polar surface area (TPSA) is 55.1 Å². The van der Waals surface area contributed by atoms with Crippen molar-refractivity contribution in [2.45, 2.75) is 33.2 Å². The molecule has 1 aromatic carbocycles. The van der Waals surface area contributed by atoms with Gasteiger partial charge in [-0.3, -0.25) is 4.79 Å². The third-order valence-corrected chi connectivity index (χ3v) is 4.75. The molecule has 0 bridgehead atoms. The first-order valence-corrected chi connectivity index (χ1v) is 7.93. The third-order valence-electron chi connectivity index (χ3n) is 3.48. The number of fused-ring (bicyclic) bond motifs is 1. The van der Waals surface area contributed by atoms with E-state index in [9.17, 15) is 9.18 Å². The predicted molar refractivity (Wildman–Crippen MR) is 86.3 cm³/mol. The summed E-state index contributed by atoms with van der Waals surface area (Å²) in [7, 11) is 0. The lowest BCUT2D eigenvalue weighted by Gasteiger charge is -2.18. The van der Waals surface area contributed by atoms with E-state index in [2.05, 4.69) is 19.2 Å². The van der Waals surface area contributed by atoms with Crippen molar-refractivity contribution in [1.82, 2.24) is 5.32 Å². The summed E-state index contributed by atoms with van der Waals surface area (Å²) in [5, 5.41) is 3.79. The van der Waals surface area contributed by atoms with E-state index in [1.54, 1.807) is 6.07 Å². The van der Waals surface area contributed by atoms with Crippen LogP contribution in [0.1, 0.15) is 35.5 Å². The Morgan fingerprint density at radius 1 is 1.43 bits per heavy atom. The van der Waals surface area contributed by atoms with Crippen molar-refractivity contribution < 1.29 is 9.18 Å². The number of nitrogens with two attached hydrogens (primary N) is 1. The molecular weight excluding hydrogens is 287 g/mol. The Morgan fingerprint density at radius 3 is 2.76 bits per heavy atom. The number of carbonyl (C=O) groups excluding carboxylic acids is 1. The van der Waals surface area contributed by atoms with Gasteiger partial charge in [0.1, 0.15) is 5.82 Å². The number of carbonyl (C=O) groups is 1. The maximum Gasteiger partial charge on any atom is 0.261 e. The number of thiophene rings is 1. The fourth-order valence-electron chi connectivity index (χ4n) is 2.44. The number of halogens is 1. The molecule has 3 nitrogen and oxygen atoms in total. The molecule has 0 saturated carbocycles. The molecule has 0 saturated heterocycles. The van der Waals surface area contributed by atoms with Gasteiger partial charge in [-0.2, -0.15) is 0 Å². The molecule has 1 amide bonds. The third kappa shape index (κ3) is 3.60. The maximum atomic E-state index is 13.3. The second kappa shape index (κ2) is 6.54. The number of benzene rings is 1. The van der Waals surface area contributed by atoms with Crippen molar-refractivity contribution in [1.29, 1.82) is 0 Å². The minimum Gasteiger partial charge on any atom is -0.347 e. The molecule has 21 heavy (non-hydrogen) atoms. The highest BCUT2D eigenvalue weighted by Crippen LogP contribution is 2.31. The van der Waals surface area contributed by atoms with Gasteiger partial charge in [-0.1, -0.05) is 13.8 Å². The second-order valence-electron chi connectivity index (χ2n) is 5.73. The van der Waals surface area contributed by atoms with Crippen molar-refractivity contribution in [3.8, 4) is 0 Å². The van der Waals surface area contributed by atoms with Crippen LogP contribution in [0.25, 0.3) is 10.1 Å². The Morgan fingerprint density at radius 2 is 2.14 bits per heavy atom. The minimum absolute atomic E-state index is 0.0288. The molecule has 2 aromatic rings. The normalized spacial score (nSPS) is 12.9. The zero-order valence-electron chi connectivity index (χ0n) is 12.6. The van der Waals surface area contributed by atoms with Gasteiger partial charge < -0.3 is 11.1 Å². The Balaban J connectivity index is 2.25. The first-order valence-electron chi connectivity index (χ1n) is 7.12. The van der Waals surface area contributed by atoms with Gasteiger partial charge >= 0.3 is 0 Å². The van der Waals surface area contributed by atoms with Crippen LogP contribution in [-0.4, -0.2) is 18.5 Å². The highest BCUT2D eigenvalue weighted by Gasteiger charge is 2.19. The van der Waals surface area contributed by atoms with Gasteiger partial charge in [-0.05, 0) is 48.4 Å². The van der Waals surface area contributed by atoms with Crippen molar-refractivity contribution in [3.63, 3.8) is 0 Å². The second-order valence-corrected chi connectivity index (χ2v) is 6.78.